The number of carbonyl (C=O) groups is 1. The molecule has 1 unspecified atom stereocenters. The summed E-state index contributed by atoms with van der Waals surface area (Å²) in [5.41, 5.74) is 3.42. The van der Waals surface area contributed by atoms with Gasteiger partial charge in [-0.1, -0.05) is 29.8 Å². The van der Waals surface area contributed by atoms with Crippen molar-refractivity contribution >= 4 is 45.6 Å². The van der Waals surface area contributed by atoms with Crippen LogP contribution < -0.4 is 10.9 Å². The minimum absolute atomic E-state index is 0.0674. The normalized spacial score (nSPS) is 14.8. The van der Waals surface area contributed by atoms with E-state index in [-0.39, 0.29) is 17.4 Å². The van der Waals surface area contributed by atoms with Crippen molar-refractivity contribution in [2.24, 2.45) is 5.92 Å². The maximum atomic E-state index is 12.2. The van der Waals surface area contributed by atoms with E-state index >= 15 is 0 Å². The number of aromatic amines is 1. The number of carboxylic acid groups (broad SMARTS) is 1. The lowest BCUT2D eigenvalue weighted by Crippen LogP contribution is -2.51. The van der Waals surface area contributed by atoms with Crippen molar-refractivity contribution in [1.29, 1.82) is 0 Å². The first kappa shape index (κ1) is 21.5. The lowest BCUT2D eigenvalue weighted by atomic mass is 9.90. The highest BCUT2D eigenvalue weighted by atomic mass is 35.5. The number of rotatable bonds is 6. The van der Waals surface area contributed by atoms with Crippen LogP contribution in [0.2, 0.25) is 5.02 Å². The second-order valence-corrected chi connectivity index (χ2v) is 9.50. The first-order chi connectivity index (χ1) is 16.0. The van der Waals surface area contributed by atoms with Crippen LogP contribution in [0.15, 0.2) is 64.9 Å². The number of hydrogen-bond donors (Lipinski definition) is 3. The third-order valence-corrected chi connectivity index (χ3v) is 7.00. The maximum Gasteiger partial charge on any atom is 0.407 e. The molecule has 9 heteroatoms. The Bertz CT molecular complexity index is 1350. The van der Waals surface area contributed by atoms with Gasteiger partial charge < -0.3 is 20.3 Å². The van der Waals surface area contributed by atoms with Gasteiger partial charge in [-0.05, 0) is 35.4 Å². The van der Waals surface area contributed by atoms with Crippen LogP contribution in [0, 0.1) is 5.92 Å². The molecule has 0 radical (unpaired) electrons. The predicted molar refractivity (Wildman–Crippen MR) is 131 cm³/mol. The number of hydrogen-bond acceptors (Lipinski definition) is 5. The van der Waals surface area contributed by atoms with Crippen LogP contribution in [-0.2, 0) is 0 Å². The first-order valence-corrected chi connectivity index (χ1v) is 11.8. The lowest BCUT2D eigenvalue weighted by Gasteiger charge is -2.37. The number of nitrogens with one attached hydrogen (secondary N) is 2. The highest BCUT2D eigenvalue weighted by Gasteiger charge is 2.30. The number of likely N-dealkylation sites (tertiary alicyclic amines) is 1. The summed E-state index contributed by atoms with van der Waals surface area (Å²) in [4.78, 5) is 32.1. The number of anilines is 1. The van der Waals surface area contributed by atoms with Crippen LogP contribution in [0.5, 0.6) is 0 Å². The van der Waals surface area contributed by atoms with Gasteiger partial charge in [-0.25, -0.2) is 9.78 Å². The van der Waals surface area contributed by atoms with Gasteiger partial charge in [0.25, 0.3) is 0 Å². The standard InChI is InChI=1S/C24H21ClN4O3S/c25-17-4-1-15(2-5-17)22(23-26-7-8-33-23)16-3-6-19-18(9-16)20(10-21(30)28-19)27-11-14-12-29(13-14)24(31)32/h1-10,14,22H,11-13H2,(H,31,32)(H2,27,28,30). The topological polar surface area (TPSA) is 98.3 Å². The average molecular weight is 481 g/mol. The zero-order chi connectivity index (χ0) is 22.9. The molecule has 1 amide bonds. The van der Waals surface area contributed by atoms with Gasteiger partial charge in [0.2, 0.25) is 5.56 Å². The van der Waals surface area contributed by atoms with Crippen LogP contribution in [0.4, 0.5) is 10.5 Å². The van der Waals surface area contributed by atoms with Gasteiger partial charge >= 0.3 is 6.09 Å². The Morgan fingerprint density at radius 1 is 1.21 bits per heavy atom. The van der Waals surface area contributed by atoms with E-state index in [1.165, 1.54) is 4.90 Å². The second kappa shape index (κ2) is 8.88. The molecule has 0 saturated carbocycles. The molecular formula is C24H21ClN4O3S. The number of H-pyrrole nitrogens is 1. The van der Waals surface area contributed by atoms with E-state index in [0.29, 0.717) is 24.7 Å². The molecule has 1 aliphatic rings. The van der Waals surface area contributed by atoms with E-state index in [1.807, 2.05) is 41.8 Å². The van der Waals surface area contributed by atoms with Crippen LogP contribution >= 0.6 is 22.9 Å². The number of pyridine rings is 1. The molecule has 168 valence electrons. The van der Waals surface area contributed by atoms with Crippen molar-refractivity contribution in [1.82, 2.24) is 14.9 Å². The molecule has 4 aromatic rings. The lowest BCUT2D eigenvalue weighted by molar-refractivity contribution is 0.0864. The quantitative estimate of drug-likeness (QED) is 0.367. The van der Waals surface area contributed by atoms with Crippen molar-refractivity contribution in [2.45, 2.75) is 5.92 Å². The van der Waals surface area contributed by atoms with E-state index in [9.17, 15) is 9.59 Å². The van der Waals surface area contributed by atoms with Crippen molar-refractivity contribution in [3.63, 3.8) is 0 Å². The molecule has 1 aliphatic heterocycles. The minimum atomic E-state index is -0.895. The van der Waals surface area contributed by atoms with Crippen LogP contribution in [0.3, 0.4) is 0 Å². The Labute approximate surface area is 198 Å². The zero-order valence-electron chi connectivity index (χ0n) is 17.5. The highest BCUT2D eigenvalue weighted by Crippen LogP contribution is 2.36. The van der Waals surface area contributed by atoms with Gasteiger partial charge in [0.1, 0.15) is 5.01 Å². The van der Waals surface area contributed by atoms with Gasteiger partial charge in [-0.15, -0.1) is 11.3 Å². The minimum Gasteiger partial charge on any atom is -0.465 e. The summed E-state index contributed by atoms with van der Waals surface area (Å²) >= 11 is 7.71. The summed E-state index contributed by atoms with van der Waals surface area (Å²) in [6.07, 6.45) is 0.904. The fraction of sp³-hybridized carbons (Fsp3) is 0.208. The molecule has 3 heterocycles. The molecule has 0 bridgehead atoms. The number of amides is 1. The molecule has 0 aliphatic carbocycles. The van der Waals surface area contributed by atoms with Crippen molar-refractivity contribution < 1.29 is 9.90 Å². The van der Waals surface area contributed by atoms with Crippen LogP contribution in [0.1, 0.15) is 22.1 Å². The van der Waals surface area contributed by atoms with Gasteiger partial charge in [-0.3, -0.25) is 4.79 Å². The SMILES string of the molecule is O=C(O)N1CC(CNc2cc(=O)[nH]c3ccc(C(c4ccc(Cl)cc4)c4nccs4)cc23)C1. The summed E-state index contributed by atoms with van der Waals surface area (Å²) < 4.78 is 0. The maximum absolute atomic E-state index is 12.2. The third kappa shape index (κ3) is 4.44. The van der Waals surface area contributed by atoms with Crippen LogP contribution in [-0.4, -0.2) is 45.7 Å². The number of thiazole rings is 1. The Kier molecular flexibility index (Phi) is 5.78. The average Bonchev–Trinajstić information content (AvgIpc) is 3.28. The van der Waals surface area contributed by atoms with E-state index in [4.69, 9.17) is 16.7 Å². The molecule has 1 fully saturated rings. The molecule has 0 spiro atoms. The van der Waals surface area contributed by atoms with E-state index in [2.05, 4.69) is 21.4 Å². The number of fused-ring (bicyclic) bond motifs is 1. The van der Waals surface area contributed by atoms with E-state index in [1.54, 1.807) is 23.6 Å². The number of aromatic nitrogens is 2. The van der Waals surface area contributed by atoms with Crippen molar-refractivity contribution in [3.8, 4) is 0 Å². The third-order valence-electron chi connectivity index (χ3n) is 5.91. The molecule has 33 heavy (non-hydrogen) atoms. The Morgan fingerprint density at radius 2 is 1.97 bits per heavy atom. The van der Waals surface area contributed by atoms with E-state index < -0.39 is 6.09 Å². The fourth-order valence-electron chi connectivity index (χ4n) is 4.22. The molecule has 5 rings (SSSR count). The smallest absolute Gasteiger partial charge is 0.407 e. The van der Waals surface area contributed by atoms with Crippen molar-refractivity contribution in [2.75, 3.05) is 25.0 Å². The largest absolute Gasteiger partial charge is 0.465 e. The summed E-state index contributed by atoms with van der Waals surface area (Å²) in [6.45, 7) is 1.59. The van der Waals surface area contributed by atoms with Gasteiger partial charge in [0, 0.05) is 59.3 Å². The molecule has 1 saturated heterocycles. The Morgan fingerprint density at radius 3 is 2.67 bits per heavy atom. The molecule has 2 aromatic heterocycles. The van der Waals surface area contributed by atoms with E-state index in [0.717, 1.165) is 32.7 Å². The van der Waals surface area contributed by atoms with Gasteiger partial charge in [0.15, 0.2) is 0 Å². The Hall–Kier alpha value is -3.36. The highest BCUT2D eigenvalue weighted by molar-refractivity contribution is 7.09. The predicted octanol–water partition coefficient (Wildman–Crippen LogP) is 4.84. The zero-order valence-corrected chi connectivity index (χ0v) is 19.1. The molecule has 3 N–H and O–H groups in total. The molecule has 2 aromatic carbocycles. The second-order valence-electron chi connectivity index (χ2n) is 8.14. The number of halogens is 1. The van der Waals surface area contributed by atoms with Gasteiger partial charge in [-0.2, -0.15) is 0 Å². The first-order valence-electron chi connectivity index (χ1n) is 10.5. The Balaban J connectivity index is 1.50. The fourth-order valence-corrected chi connectivity index (χ4v) is 5.13. The summed E-state index contributed by atoms with van der Waals surface area (Å²) in [5.74, 6) is 0.151. The number of benzene rings is 2. The van der Waals surface area contributed by atoms with Crippen molar-refractivity contribution in [3.05, 3.63) is 91.6 Å². The molecule has 7 nitrogen and oxygen atoms in total. The van der Waals surface area contributed by atoms with Gasteiger partial charge in [0.05, 0.1) is 11.4 Å². The molecule has 1 atom stereocenters. The summed E-state index contributed by atoms with van der Waals surface area (Å²) in [7, 11) is 0. The number of nitrogens with zero attached hydrogens (tertiary/aromatic N) is 2. The van der Waals surface area contributed by atoms with Crippen LogP contribution in [0.25, 0.3) is 10.9 Å². The monoisotopic (exact) mass is 480 g/mol. The summed E-state index contributed by atoms with van der Waals surface area (Å²) in [5, 5.41) is 16.9. The molecular weight excluding hydrogens is 460 g/mol. The summed E-state index contributed by atoms with van der Waals surface area (Å²) in [6, 6.07) is 15.3.